The lowest BCUT2D eigenvalue weighted by molar-refractivity contribution is 0.185. The molecule has 0 radical (unpaired) electrons. The van der Waals surface area contributed by atoms with Crippen molar-refractivity contribution in [3.63, 3.8) is 0 Å². The normalized spacial score (nSPS) is 13.1. The Morgan fingerprint density at radius 1 is 1.44 bits per heavy atom. The molecule has 90 valence electrons. The van der Waals surface area contributed by atoms with Crippen molar-refractivity contribution in [1.29, 1.82) is 0 Å². The van der Waals surface area contributed by atoms with E-state index in [9.17, 15) is 0 Å². The predicted octanol–water partition coefficient (Wildman–Crippen LogP) is 3.18. The number of hydrogen-bond donors (Lipinski definition) is 0. The molecule has 0 aromatic heterocycles. The minimum atomic E-state index is 0.352. The fourth-order valence-electron chi connectivity index (χ4n) is 1.55. The van der Waals surface area contributed by atoms with Crippen molar-refractivity contribution in [2.45, 2.75) is 11.4 Å². The van der Waals surface area contributed by atoms with Crippen LogP contribution in [0.3, 0.4) is 0 Å². The zero-order chi connectivity index (χ0) is 12.0. The lowest BCUT2D eigenvalue weighted by Gasteiger charge is -2.20. The van der Waals surface area contributed by atoms with Gasteiger partial charge in [0.1, 0.15) is 0 Å². The topological polar surface area (TPSA) is 12.5 Å². The summed E-state index contributed by atoms with van der Waals surface area (Å²) in [6, 6.07) is 7.93. The van der Waals surface area contributed by atoms with Gasteiger partial charge in [-0.15, -0.1) is 0 Å². The highest BCUT2D eigenvalue weighted by Crippen LogP contribution is 2.17. The second-order valence-electron chi connectivity index (χ2n) is 3.84. The summed E-state index contributed by atoms with van der Waals surface area (Å²) < 4.78 is 5.08. The highest BCUT2D eigenvalue weighted by Gasteiger charge is 2.09. The van der Waals surface area contributed by atoms with Crippen LogP contribution in [0, 0.1) is 0 Å². The maximum atomic E-state index is 6.10. The van der Waals surface area contributed by atoms with Crippen molar-refractivity contribution < 1.29 is 4.74 Å². The van der Waals surface area contributed by atoms with Gasteiger partial charge in [-0.05, 0) is 18.7 Å². The van der Waals surface area contributed by atoms with Crippen LogP contribution in [0.5, 0.6) is 0 Å². The van der Waals surface area contributed by atoms with Crippen LogP contribution in [0.1, 0.15) is 5.56 Å². The molecule has 0 heterocycles. The third-order valence-corrected chi connectivity index (χ3v) is 3.18. The fourth-order valence-corrected chi connectivity index (χ4v) is 2.51. The monoisotopic (exact) mass is 305 g/mol. The molecule has 1 aromatic carbocycles. The first-order valence-electron chi connectivity index (χ1n) is 5.18. The third kappa shape index (κ3) is 4.83. The van der Waals surface area contributed by atoms with E-state index in [-0.39, 0.29) is 0 Å². The number of ether oxygens (including phenoxy) is 1. The molecule has 0 aliphatic carbocycles. The number of halogens is 2. The summed E-state index contributed by atoms with van der Waals surface area (Å²) >= 11 is 9.67. The van der Waals surface area contributed by atoms with Gasteiger partial charge in [-0.2, -0.15) is 0 Å². The van der Waals surface area contributed by atoms with Crippen molar-refractivity contribution in [3.8, 4) is 0 Å². The maximum absolute atomic E-state index is 6.10. The molecule has 1 atom stereocenters. The molecular weight excluding hydrogens is 289 g/mol. The highest BCUT2D eigenvalue weighted by molar-refractivity contribution is 9.09. The van der Waals surface area contributed by atoms with E-state index in [0.717, 1.165) is 23.7 Å². The molecule has 0 saturated carbocycles. The van der Waals surface area contributed by atoms with E-state index in [2.05, 4.69) is 33.9 Å². The van der Waals surface area contributed by atoms with E-state index in [1.165, 1.54) is 0 Å². The summed E-state index contributed by atoms with van der Waals surface area (Å²) in [5.74, 6) is 0. The first kappa shape index (κ1) is 14.0. The van der Waals surface area contributed by atoms with Crippen molar-refractivity contribution in [3.05, 3.63) is 34.9 Å². The summed E-state index contributed by atoms with van der Waals surface area (Å²) in [5.41, 5.74) is 1.16. The number of hydrogen-bond acceptors (Lipinski definition) is 2. The van der Waals surface area contributed by atoms with Crippen LogP contribution in [0.15, 0.2) is 24.3 Å². The third-order valence-electron chi connectivity index (χ3n) is 2.26. The average Bonchev–Trinajstić information content (AvgIpc) is 2.21. The van der Waals surface area contributed by atoms with Gasteiger partial charge >= 0.3 is 0 Å². The first-order chi connectivity index (χ1) is 7.63. The zero-order valence-electron chi connectivity index (χ0n) is 9.62. The molecular formula is C12H17BrClNO. The lowest BCUT2D eigenvalue weighted by Crippen LogP contribution is -2.28. The Morgan fingerprint density at radius 2 is 2.12 bits per heavy atom. The summed E-state index contributed by atoms with van der Waals surface area (Å²) in [4.78, 5) is 2.57. The highest BCUT2D eigenvalue weighted by atomic mass is 79.9. The second kappa shape index (κ2) is 7.28. The van der Waals surface area contributed by atoms with E-state index >= 15 is 0 Å². The number of methoxy groups -OCH3 is 1. The molecule has 16 heavy (non-hydrogen) atoms. The molecule has 0 aliphatic heterocycles. The maximum Gasteiger partial charge on any atom is 0.0600 e. The van der Waals surface area contributed by atoms with Gasteiger partial charge in [-0.1, -0.05) is 45.7 Å². The molecule has 2 nitrogen and oxygen atoms in total. The molecule has 1 unspecified atom stereocenters. The molecule has 0 fully saturated rings. The molecule has 0 bridgehead atoms. The largest absolute Gasteiger partial charge is 0.383 e. The standard InChI is InChI=1S/C12H17BrClNO/c1-15(8-11(13)9-16-2)7-10-5-3-4-6-12(10)14/h3-6,11H,7-9H2,1-2H3. The van der Waals surface area contributed by atoms with Gasteiger partial charge in [0.25, 0.3) is 0 Å². The molecule has 0 amide bonds. The van der Waals surface area contributed by atoms with Gasteiger partial charge in [0, 0.05) is 25.2 Å². The van der Waals surface area contributed by atoms with Gasteiger partial charge in [-0.25, -0.2) is 0 Å². The van der Waals surface area contributed by atoms with Crippen molar-refractivity contribution in [2.24, 2.45) is 0 Å². The minimum absolute atomic E-state index is 0.352. The van der Waals surface area contributed by atoms with E-state index in [4.69, 9.17) is 16.3 Å². The van der Waals surface area contributed by atoms with E-state index in [1.807, 2.05) is 18.2 Å². The minimum Gasteiger partial charge on any atom is -0.383 e. The smallest absolute Gasteiger partial charge is 0.0600 e. The summed E-state index contributed by atoms with van der Waals surface area (Å²) in [6.07, 6.45) is 0. The number of rotatable bonds is 6. The van der Waals surface area contributed by atoms with Gasteiger partial charge < -0.3 is 9.64 Å². The van der Waals surface area contributed by atoms with Crippen LogP contribution in [-0.4, -0.2) is 37.0 Å². The quantitative estimate of drug-likeness (QED) is 0.749. The van der Waals surface area contributed by atoms with Crippen LogP contribution in [-0.2, 0) is 11.3 Å². The fraction of sp³-hybridized carbons (Fsp3) is 0.500. The number of alkyl halides is 1. The zero-order valence-corrected chi connectivity index (χ0v) is 12.0. The predicted molar refractivity (Wildman–Crippen MR) is 72.4 cm³/mol. The van der Waals surface area contributed by atoms with Crippen LogP contribution in [0.25, 0.3) is 0 Å². The lowest BCUT2D eigenvalue weighted by atomic mass is 10.2. The Kier molecular flexibility index (Phi) is 6.36. The van der Waals surface area contributed by atoms with E-state index in [0.29, 0.717) is 11.4 Å². The Morgan fingerprint density at radius 3 is 2.75 bits per heavy atom. The Bertz CT molecular complexity index is 322. The Hall–Kier alpha value is -0.0900. The molecule has 0 aliphatic rings. The summed E-state index contributed by atoms with van der Waals surface area (Å²) in [7, 11) is 3.79. The summed E-state index contributed by atoms with van der Waals surface area (Å²) in [6.45, 7) is 2.50. The van der Waals surface area contributed by atoms with Gasteiger partial charge in [0.2, 0.25) is 0 Å². The average molecular weight is 307 g/mol. The van der Waals surface area contributed by atoms with E-state index in [1.54, 1.807) is 7.11 Å². The molecule has 0 saturated heterocycles. The van der Waals surface area contributed by atoms with Crippen molar-refractivity contribution in [1.82, 2.24) is 4.90 Å². The Labute approximate surface area is 111 Å². The van der Waals surface area contributed by atoms with E-state index < -0.39 is 0 Å². The molecule has 0 spiro atoms. The Balaban J connectivity index is 2.45. The van der Waals surface area contributed by atoms with Crippen molar-refractivity contribution >= 4 is 27.5 Å². The van der Waals surface area contributed by atoms with Crippen LogP contribution in [0.2, 0.25) is 5.02 Å². The number of nitrogens with zero attached hydrogens (tertiary/aromatic N) is 1. The van der Waals surface area contributed by atoms with Crippen LogP contribution >= 0.6 is 27.5 Å². The molecule has 0 N–H and O–H groups in total. The number of benzene rings is 1. The van der Waals surface area contributed by atoms with Gasteiger partial charge in [0.05, 0.1) is 11.4 Å². The van der Waals surface area contributed by atoms with Crippen LogP contribution < -0.4 is 0 Å². The first-order valence-corrected chi connectivity index (χ1v) is 6.47. The molecule has 4 heteroatoms. The SMILES string of the molecule is COCC(Br)CN(C)Cc1ccccc1Cl. The second-order valence-corrected chi connectivity index (χ2v) is 5.54. The van der Waals surface area contributed by atoms with Crippen molar-refractivity contribution in [2.75, 3.05) is 27.3 Å². The molecule has 1 rings (SSSR count). The van der Waals surface area contributed by atoms with Gasteiger partial charge in [-0.3, -0.25) is 0 Å². The summed E-state index contributed by atoms with van der Waals surface area (Å²) in [5, 5.41) is 0.826. The van der Waals surface area contributed by atoms with Gasteiger partial charge in [0.15, 0.2) is 0 Å². The molecule has 1 aromatic rings. The van der Waals surface area contributed by atoms with Crippen LogP contribution in [0.4, 0.5) is 0 Å².